The lowest BCUT2D eigenvalue weighted by atomic mass is 10.2. The SMILES string of the molecule is COc1cc2c(cc1Br)OCc1nncn1-2. The van der Waals surface area contributed by atoms with Crippen molar-refractivity contribution in [2.75, 3.05) is 7.11 Å². The van der Waals surface area contributed by atoms with Crippen LogP contribution in [0.1, 0.15) is 5.82 Å². The number of nitrogens with zero attached hydrogens (tertiary/aromatic N) is 3. The second kappa shape index (κ2) is 3.48. The van der Waals surface area contributed by atoms with E-state index >= 15 is 0 Å². The third-order valence-electron chi connectivity index (χ3n) is 2.47. The van der Waals surface area contributed by atoms with Gasteiger partial charge in [-0.1, -0.05) is 0 Å². The molecule has 0 spiro atoms. The first-order valence-corrected chi connectivity index (χ1v) is 5.48. The van der Waals surface area contributed by atoms with Crippen molar-refractivity contribution < 1.29 is 9.47 Å². The minimum Gasteiger partial charge on any atom is -0.495 e. The molecule has 1 aromatic heterocycles. The summed E-state index contributed by atoms with van der Waals surface area (Å²) in [5, 5.41) is 7.83. The Kier molecular flexibility index (Phi) is 2.10. The number of aromatic nitrogens is 3. The Balaban J connectivity index is 2.24. The number of hydrogen-bond acceptors (Lipinski definition) is 4. The maximum absolute atomic E-state index is 5.58. The lowest BCUT2D eigenvalue weighted by Gasteiger charge is -2.19. The van der Waals surface area contributed by atoms with Crippen molar-refractivity contribution in [3.05, 3.63) is 28.8 Å². The molecule has 0 aliphatic carbocycles. The van der Waals surface area contributed by atoms with Crippen LogP contribution in [0.25, 0.3) is 5.69 Å². The first-order chi connectivity index (χ1) is 7.79. The van der Waals surface area contributed by atoms with Gasteiger partial charge in [0, 0.05) is 12.1 Å². The molecule has 0 saturated heterocycles. The highest BCUT2D eigenvalue weighted by molar-refractivity contribution is 9.10. The van der Waals surface area contributed by atoms with Gasteiger partial charge >= 0.3 is 0 Å². The molecule has 0 saturated carbocycles. The molecule has 1 aliphatic rings. The Morgan fingerprint density at radius 3 is 3.19 bits per heavy atom. The fourth-order valence-corrected chi connectivity index (χ4v) is 2.17. The largest absolute Gasteiger partial charge is 0.495 e. The number of benzene rings is 1. The van der Waals surface area contributed by atoms with Gasteiger partial charge in [0.1, 0.15) is 24.4 Å². The van der Waals surface area contributed by atoms with Gasteiger partial charge in [-0.15, -0.1) is 10.2 Å². The molecule has 6 heteroatoms. The standard InChI is InChI=1S/C10H8BrN3O2/c1-15-8-3-7-9(2-6(8)11)16-4-10-13-12-5-14(7)10/h2-3,5H,4H2,1H3. The molecule has 0 unspecified atom stereocenters. The number of rotatable bonds is 1. The van der Waals surface area contributed by atoms with E-state index in [1.165, 1.54) is 0 Å². The molecule has 16 heavy (non-hydrogen) atoms. The van der Waals surface area contributed by atoms with Crippen LogP contribution in [0.4, 0.5) is 0 Å². The van der Waals surface area contributed by atoms with Crippen LogP contribution in [0.2, 0.25) is 0 Å². The van der Waals surface area contributed by atoms with Crippen LogP contribution in [0.3, 0.4) is 0 Å². The van der Waals surface area contributed by atoms with E-state index in [-0.39, 0.29) is 0 Å². The summed E-state index contributed by atoms with van der Waals surface area (Å²) < 4.78 is 13.6. The highest BCUT2D eigenvalue weighted by atomic mass is 79.9. The Labute approximate surface area is 100 Å². The molecule has 0 atom stereocenters. The minimum atomic E-state index is 0.436. The summed E-state index contributed by atoms with van der Waals surface area (Å²) >= 11 is 3.42. The van der Waals surface area contributed by atoms with E-state index in [1.54, 1.807) is 13.4 Å². The maximum atomic E-state index is 5.58. The average Bonchev–Trinajstić information content (AvgIpc) is 2.76. The van der Waals surface area contributed by atoms with E-state index in [1.807, 2.05) is 16.7 Å². The van der Waals surface area contributed by atoms with Crippen LogP contribution in [0, 0.1) is 0 Å². The van der Waals surface area contributed by atoms with E-state index < -0.39 is 0 Å². The van der Waals surface area contributed by atoms with Gasteiger partial charge in [0.25, 0.3) is 0 Å². The van der Waals surface area contributed by atoms with Gasteiger partial charge in [-0.05, 0) is 15.9 Å². The predicted octanol–water partition coefficient (Wildman–Crippen LogP) is 1.93. The summed E-state index contributed by atoms with van der Waals surface area (Å²) in [4.78, 5) is 0. The number of methoxy groups -OCH3 is 1. The van der Waals surface area contributed by atoms with Crippen LogP contribution < -0.4 is 9.47 Å². The summed E-state index contributed by atoms with van der Waals surface area (Å²) in [6, 6.07) is 3.78. The van der Waals surface area contributed by atoms with E-state index in [2.05, 4.69) is 26.1 Å². The minimum absolute atomic E-state index is 0.436. The number of hydrogen-bond donors (Lipinski definition) is 0. The van der Waals surface area contributed by atoms with Crippen LogP contribution in [0.5, 0.6) is 11.5 Å². The number of halogens is 1. The van der Waals surface area contributed by atoms with Gasteiger partial charge in [-0.2, -0.15) is 0 Å². The molecule has 2 aromatic rings. The summed E-state index contributed by atoms with van der Waals surface area (Å²) in [5.74, 6) is 2.33. The highest BCUT2D eigenvalue weighted by Crippen LogP contribution is 2.37. The molecule has 0 amide bonds. The first-order valence-electron chi connectivity index (χ1n) is 4.69. The second-order valence-corrected chi connectivity index (χ2v) is 4.21. The third kappa shape index (κ3) is 1.30. The fourth-order valence-electron chi connectivity index (χ4n) is 1.69. The Morgan fingerprint density at radius 2 is 2.38 bits per heavy atom. The van der Waals surface area contributed by atoms with Crippen LogP contribution >= 0.6 is 15.9 Å². The molecule has 0 fully saturated rings. The fraction of sp³-hybridized carbons (Fsp3) is 0.200. The first kappa shape index (κ1) is 9.65. The van der Waals surface area contributed by atoms with Crippen LogP contribution in [-0.4, -0.2) is 21.9 Å². The van der Waals surface area contributed by atoms with E-state index in [0.29, 0.717) is 6.61 Å². The lowest BCUT2D eigenvalue weighted by Crippen LogP contribution is -2.12. The monoisotopic (exact) mass is 281 g/mol. The van der Waals surface area contributed by atoms with E-state index in [9.17, 15) is 0 Å². The smallest absolute Gasteiger partial charge is 0.175 e. The summed E-state index contributed by atoms with van der Waals surface area (Å²) in [6.07, 6.45) is 1.67. The van der Waals surface area contributed by atoms with Crippen LogP contribution in [0.15, 0.2) is 22.9 Å². The van der Waals surface area contributed by atoms with Gasteiger partial charge in [-0.3, -0.25) is 4.57 Å². The zero-order valence-electron chi connectivity index (χ0n) is 8.48. The lowest BCUT2D eigenvalue weighted by molar-refractivity contribution is 0.278. The van der Waals surface area contributed by atoms with Crippen molar-refractivity contribution in [2.24, 2.45) is 0 Å². The van der Waals surface area contributed by atoms with Crippen molar-refractivity contribution in [3.8, 4) is 17.2 Å². The zero-order chi connectivity index (χ0) is 11.1. The quantitative estimate of drug-likeness (QED) is 0.802. The molecule has 82 valence electrons. The maximum Gasteiger partial charge on any atom is 0.175 e. The van der Waals surface area contributed by atoms with Gasteiger partial charge in [0.15, 0.2) is 5.82 Å². The summed E-state index contributed by atoms with van der Waals surface area (Å²) in [7, 11) is 1.63. The Bertz CT molecular complexity index is 553. The van der Waals surface area contributed by atoms with Crippen molar-refractivity contribution >= 4 is 15.9 Å². The molecule has 0 bridgehead atoms. The van der Waals surface area contributed by atoms with Crippen molar-refractivity contribution in [1.82, 2.24) is 14.8 Å². The summed E-state index contributed by atoms with van der Waals surface area (Å²) in [5.41, 5.74) is 0.895. The van der Waals surface area contributed by atoms with Gasteiger partial charge < -0.3 is 9.47 Å². The Hall–Kier alpha value is -1.56. The number of fused-ring (bicyclic) bond motifs is 3. The molecule has 5 nitrogen and oxygen atoms in total. The number of ether oxygens (including phenoxy) is 2. The van der Waals surface area contributed by atoms with Crippen molar-refractivity contribution in [1.29, 1.82) is 0 Å². The second-order valence-electron chi connectivity index (χ2n) is 3.36. The molecular formula is C10H8BrN3O2. The molecule has 1 aliphatic heterocycles. The molecule has 1 aromatic carbocycles. The molecule has 0 radical (unpaired) electrons. The molecule has 3 rings (SSSR count). The van der Waals surface area contributed by atoms with Gasteiger partial charge in [0.2, 0.25) is 0 Å². The van der Waals surface area contributed by atoms with Crippen molar-refractivity contribution in [3.63, 3.8) is 0 Å². The average molecular weight is 282 g/mol. The predicted molar refractivity (Wildman–Crippen MR) is 59.9 cm³/mol. The topological polar surface area (TPSA) is 49.2 Å². The molecule has 0 N–H and O–H groups in total. The van der Waals surface area contributed by atoms with E-state index in [0.717, 1.165) is 27.5 Å². The normalized spacial score (nSPS) is 12.6. The van der Waals surface area contributed by atoms with Gasteiger partial charge in [-0.25, -0.2) is 0 Å². The molecular weight excluding hydrogens is 274 g/mol. The van der Waals surface area contributed by atoms with Crippen molar-refractivity contribution in [2.45, 2.75) is 6.61 Å². The van der Waals surface area contributed by atoms with Crippen LogP contribution in [-0.2, 0) is 6.61 Å². The Morgan fingerprint density at radius 1 is 1.50 bits per heavy atom. The summed E-state index contributed by atoms with van der Waals surface area (Å²) in [6.45, 7) is 0.436. The molecule has 2 heterocycles. The highest BCUT2D eigenvalue weighted by Gasteiger charge is 2.20. The zero-order valence-corrected chi connectivity index (χ0v) is 10.1. The van der Waals surface area contributed by atoms with Gasteiger partial charge in [0.05, 0.1) is 17.3 Å². The third-order valence-corrected chi connectivity index (χ3v) is 3.09. The van der Waals surface area contributed by atoms with E-state index in [4.69, 9.17) is 9.47 Å².